The Bertz CT molecular complexity index is 654. The van der Waals surface area contributed by atoms with Crippen LogP contribution in [0.5, 0.6) is 0 Å². The molecular weight excluding hydrogens is 274 g/mol. The molecule has 1 N–H and O–H groups in total. The average molecular weight is 281 g/mol. The van der Waals surface area contributed by atoms with Gasteiger partial charge in [0.15, 0.2) is 0 Å². The largest absolute Gasteiger partial charge is 0.478 e. The molecule has 0 atom stereocenters. The molecule has 2 aromatic rings. The van der Waals surface area contributed by atoms with Crippen molar-refractivity contribution >= 4 is 23.4 Å². The maximum Gasteiger partial charge on any atom is 0.335 e. The lowest BCUT2D eigenvalue weighted by molar-refractivity contribution is -0.387. The van der Waals surface area contributed by atoms with Crippen molar-refractivity contribution in [2.45, 2.75) is 17.0 Å². The molecule has 1 heterocycles. The van der Waals surface area contributed by atoms with Crippen LogP contribution in [0.25, 0.3) is 0 Å². The van der Waals surface area contributed by atoms with Crippen LogP contribution in [0.2, 0.25) is 0 Å². The second kappa shape index (κ2) is 5.06. The van der Waals surface area contributed by atoms with Gasteiger partial charge in [-0.05, 0) is 23.9 Å². The highest BCUT2D eigenvalue weighted by molar-refractivity contribution is 7.99. The van der Waals surface area contributed by atoms with Crippen LogP contribution in [0.4, 0.5) is 5.69 Å². The van der Waals surface area contributed by atoms with E-state index in [1.807, 2.05) is 0 Å². The number of hydrogen-bond acceptors (Lipinski definition) is 7. The number of nitrogens with zero attached hydrogens (tertiary/aromatic N) is 3. The third kappa shape index (κ3) is 2.88. The predicted molar refractivity (Wildman–Crippen MR) is 63.2 cm³/mol. The first-order valence-electron chi connectivity index (χ1n) is 4.97. The first-order chi connectivity index (χ1) is 8.97. The number of aromatic carboxylic acids is 1. The standard InChI is InChI=1S/C10H7N3O5S/c1-5-11-12-10(18-5)19-8-3-2-6(9(14)15)4-7(8)13(16)17/h2-4H,1H3,(H,14,15). The first kappa shape index (κ1) is 13.0. The van der Waals surface area contributed by atoms with E-state index in [0.717, 1.165) is 17.8 Å². The van der Waals surface area contributed by atoms with Gasteiger partial charge in [-0.3, -0.25) is 10.1 Å². The molecule has 0 aliphatic carbocycles. The van der Waals surface area contributed by atoms with Crippen LogP contribution in [0.1, 0.15) is 16.2 Å². The highest BCUT2D eigenvalue weighted by atomic mass is 32.2. The normalized spacial score (nSPS) is 10.4. The molecule has 0 spiro atoms. The van der Waals surface area contributed by atoms with Crippen molar-refractivity contribution in [3.8, 4) is 0 Å². The van der Waals surface area contributed by atoms with Gasteiger partial charge in [0.25, 0.3) is 10.9 Å². The minimum Gasteiger partial charge on any atom is -0.478 e. The summed E-state index contributed by atoms with van der Waals surface area (Å²) in [5, 5.41) is 27.2. The first-order valence-corrected chi connectivity index (χ1v) is 5.78. The summed E-state index contributed by atoms with van der Waals surface area (Å²) < 4.78 is 5.10. The van der Waals surface area contributed by atoms with Crippen molar-refractivity contribution in [1.29, 1.82) is 0 Å². The molecule has 0 radical (unpaired) electrons. The minimum atomic E-state index is -1.23. The Hall–Kier alpha value is -2.42. The van der Waals surface area contributed by atoms with Crippen LogP contribution < -0.4 is 0 Å². The van der Waals surface area contributed by atoms with Crippen LogP contribution in [0.3, 0.4) is 0 Å². The van der Waals surface area contributed by atoms with Crippen molar-refractivity contribution in [3.63, 3.8) is 0 Å². The van der Waals surface area contributed by atoms with E-state index in [4.69, 9.17) is 9.52 Å². The molecule has 0 unspecified atom stereocenters. The second-order valence-corrected chi connectivity index (χ2v) is 4.43. The van der Waals surface area contributed by atoms with E-state index >= 15 is 0 Å². The minimum absolute atomic E-state index is 0.155. The Labute approximate surface area is 110 Å². The molecule has 2 rings (SSSR count). The van der Waals surface area contributed by atoms with E-state index < -0.39 is 10.9 Å². The van der Waals surface area contributed by atoms with Crippen LogP contribution in [0, 0.1) is 17.0 Å². The highest BCUT2D eigenvalue weighted by Crippen LogP contribution is 2.34. The molecule has 0 bridgehead atoms. The van der Waals surface area contributed by atoms with Crippen molar-refractivity contribution < 1.29 is 19.2 Å². The van der Waals surface area contributed by atoms with Crippen LogP contribution in [-0.4, -0.2) is 26.2 Å². The number of carboxylic acid groups (broad SMARTS) is 1. The zero-order chi connectivity index (χ0) is 14.0. The third-order valence-electron chi connectivity index (χ3n) is 2.11. The van der Waals surface area contributed by atoms with Gasteiger partial charge < -0.3 is 9.52 Å². The lowest BCUT2D eigenvalue weighted by Crippen LogP contribution is -1.99. The fraction of sp³-hybridized carbons (Fsp3) is 0.100. The van der Waals surface area contributed by atoms with E-state index in [-0.39, 0.29) is 21.4 Å². The molecule has 8 nitrogen and oxygen atoms in total. The quantitative estimate of drug-likeness (QED) is 0.668. The van der Waals surface area contributed by atoms with Crippen LogP contribution in [0.15, 0.2) is 32.7 Å². The number of carbonyl (C=O) groups is 1. The Morgan fingerprint density at radius 2 is 2.21 bits per heavy atom. The molecule has 0 saturated heterocycles. The molecule has 0 saturated carbocycles. The number of nitro groups is 1. The molecule has 1 aromatic carbocycles. The summed E-state index contributed by atoms with van der Waals surface area (Å²) in [7, 11) is 0. The van der Waals surface area contributed by atoms with Gasteiger partial charge >= 0.3 is 5.97 Å². The predicted octanol–water partition coefficient (Wildman–Crippen LogP) is 2.14. The van der Waals surface area contributed by atoms with Gasteiger partial charge in [0, 0.05) is 13.0 Å². The summed E-state index contributed by atoms with van der Waals surface area (Å²) in [6.45, 7) is 1.60. The van der Waals surface area contributed by atoms with Crippen molar-refractivity contribution in [3.05, 3.63) is 39.8 Å². The Morgan fingerprint density at radius 3 is 2.74 bits per heavy atom. The van der Waals surface area contributed by atoms with Gasteiger partial charge in [0.05, 0.1) is 15.4 Å². The highest BCUT2D eigenvalue weighted by Gasteiger charge is 2.20. The molecular formula is C10H7N3O5S. The lowest BCUT2D eigenvalue weighted by atomic mass is 10.2. The van der Waals surface area contributed by atoms with Gasteiger partial charge in [-0.15, -0.1) is 10.2 Å². The van der Waals surface area contributed by atoms with Crippen LogP contribution >= 0.6 is 11.8 Å². The average Bonchev–Trinajstić information content (AvgIpc) is 2.74. The monoisotopic (exact) mass is 281 g/mol. The zero-order valence-corrected chi connectivity index (χ0v) is 10.4. The van der Waals surface area contributed by atoms with Crippen molar-refractivity contribution in [2.75, 3.05) is 0 Å². The number of hydrogen-bond donors (Lipinski definition) is 1. The van der Waals surface area contributed by atoms with Crippen LogP contribution in [-0.2, 0) is 0 Å². The number of carboxylic acids is 1. The number of benzene rings is 1. The maximum atomic E-state index is 10.9. The van der Waals surface area contributed by atoms with Crippen molar-refractivity contribution in [2.24, 2.45) is 0 Å². The molecule has 1 aromatic heterocycles. The van der Waals surface area contributed by atoms with Gasteiger partial charge in [-0.25, -0.2) is 4.79 Å². The second-order valence-electron chi connectivity index (χ2n) is 3.43. The fourth-order valence-corrected chi connectivity index (χ4v) is 2.10. The lowest BCUT2D eigenvalue weighted by Gasteiger charge is -2.01. The molecule has 0 fully saturated rings. The molecule has 98 valence electrons. The Morgan fingerprint density at radius 1 is 1.47 bits per heavy atom. The smallest absolute Gasteiger partial charge is 0.335 e. The van der Waals surface area contributed by atoms with E-state index in [2.05, 4.69) is 10.2 Å². The summed E-state index contributed by atoms with van der Waals surface area (Å²) in [5.74, 6) is -0.888. The number of aromatic nitrogens is 2. The summed E-state index contributed by atoms with van der Waals surface area (Å²) in [5.41, 5.74) is -0.474. The summed E-state index contributed by atoms with van der Waals surface area (Å²) in [4.78, 5) is 21.3. The van der Waals surface area contributed by atoms with Gasteiger partial charge in [0.2, 0.25) is 5.89 Å². The Balaban J connectivity index is 2.39. The van der Waals surface area contributed by atoms with Gasteiger partial charge in [-0.2, -0.15) is 0 Å². The van der Waals surface area contributed by atoms with Gasteiger partial charge in [-0.1, -0.05) is 0 Å². The maximum absolute atomic E-state index is 10.9. The topological polar surface area (TPSA) is 119 Å². The molecule has 0 aliphatic rings. The van der Waals surface area contributed by atoms with E-state index in [1.54, 1.807) is 6.92 Å². The zero-order valence-electron chi connectivity index (χ0n) is 9.56. The SMILES string of the molecule is Cc1nnc(Sc2ccc(C(=O)O)cc2[N+](=O)[O-])o1. The number of nitro benzene ring substituents is 1. The van der Waals surface area contributed by atoms with Crippen molar-refractivity contribution in [1.82, 2.24) is 10.2 Å². The number of aryl methyl sites for hydroxylation is 1. The van der Waals surface area contributed by atoms with E-state index in [9.17, 15) is 14.9 Å². The fourth-order valence-electron chi connectivity index (χ4n) is 1.29. The summed E-state index contributed by atoms with van der Waals surface area (Å²) in [6.07, 6.45) is 0. The molecule has 9 heteroatoms. The third-order valence-corrected chi connectivity index (χ3v) is 3.01. The molecule has 19 heavy (non-hydrogen) atoms. The van der Waals surface area contributed by atoms with E-state index in [1.165, 1.54) is 12.1 Å². The molecule has 0 aliphatic heterocycles. The summed E-state index contributed by atoms with van der Waals surface area (Å²) in [6, 6.07) is 3.61. The van der Waals surface area contributed by atoms with Gasteiger partial charge in [0.1, 0.15) is 0 Å². The molecule has 0 amide bonds. The summed E-state index contributed by atoms with van der Waals surface area (Å²) >= 11 is 0.909. The van der Waals surface area contributed by atoms with E-state index in [0.29, 0.717) is 5.89 Å². The Kier molecular flexibility index (Phi) is 3.47. The number of rotatable bonds is 4.